The lowest BCUT2D eigenvalue weighted by Crippen LogP contribution is -2.49. The van der Waals surface area contributed by atoms with Gasteiger partial charge in [-0.3, -0.25) is 4.79 Å². The highest BCUT2D eigenvalue weighted by molar-refractivity contribution is 5.87. The molecule has 0 aromatic heterocycles. The summed E-state index contributed by atoms with van der Waals surface area (Å²) < 4.78 is 0. The molecule has 3 atom stereocenters. The van der Waals surface area contributed by atoms with Gasteiger partial charge < -0.3 is 20.8 Å². The summed E-state index contributed by atoms with van der Waals surface area (Å²) in [6.07, 6.45) is -0.181. The van der Waals surface area contributed by atoms with Crippen molar-refractivity contribution < 1.29 is 19.8 Å². The summed E-state index contributed by atoms with van der Waals surface area (Å²) in [5, 5.41) is 18.4. The van der Waals surface area contributed by atoms with Crippen molar-refractivity contribution in [3.8, 4) is 0 Å². The summed E-state index contributed by atoms with van der Waals surface area (Å²) in [5.74, 6) is -1.21. The van der Waals surface area contributed by atoms with Crippen LogP contribution in [0.3, 0.4) is 0 Å². The molecule has 1 fully saturated rings. The molecule has 0 aliphatic carbocycles. The molecule has 0 unspecified atom stereocenters. The minimum absolute atomic E-state index is 0.0571. The van der Waals surface area contributed by atoms with Gasteiger partial charge in [0.1, 0.15) is 6.04 Å². The fourth-order valence-corrected chi connectivity index (χ4v) is 2.11. The van der Waals surface area contributed by atoms with Crippen LogP contribution in [0.1, 0.15) is 26.7 Å². The van der Waals surface area contributed by atoms with Gasteiger partial charge in [0.05, 0.1) is 12.1 Å². The second kappa shape index (κ2) is 5.46. The van der Waals surface area contributed by atoms with Gasteiger partial charge in [-0.05, 0) is 12.3 Å². The van der Waals surface area contributed by atoms with Crippen LogP contribution in [0.15, 0.2) is 0 Å². The van der Waals surface area contributed by atoms with Crippen molar-refractivity contribution in [2.45, 2.75) is 44.9 Å². The first-order chi connectivity index (χ1) is 7.82. The quantitative estimate of drug-likeness (QED) is 0.613. The normalized spacial score (nSPS) is 26.3. The Hall–Kier alpha value is -1.14. The van der Waals surface area contributed by atoms with Crippen molar-refractivity contribution in [3.05, 3.63) is 0 Å². The lowest BCUT2D eigenvalue weighted by Gasteiger charge is -2.25. The second-order valence-electron chi connectivity index (χ2n) is 4.97. The number of carbonyl (C=O) groups excluding carboxylic acids is 1. The molecule has 0 radical (unpaired) electrons. The van der Waals surface area contributed by atoms with E-state index in [1.54, 1.807) is 0 Å². The third kappa shape index (κ3) is 3.41. The van der Waals surface area contributed by atoms with Crippen LogP contribution in [-0.4, -0.2) is 51.7 Å². The summed E-state index contributed by atoms with van der Waals surface area (Å²) in [6, 6.07) is -1.64. The first kappa shape index (κ1) is 13.9. The van der Waals surface area contributed by atoms with Gasteiger partial charge >= 0.3 is 5.97 Å². The van der Waals surface area contributed by atoms with Crippen LogP contribution < -0.4 is 5.73 Å². The van der Waals surface area contributed by atoms with Crippen LogP contribution in [0, 0.1) is 5.92 Å². The van der Waals surface area contributed by atoms with Gasteiger partial charge in [0.2, 0.25) is 5.91 Å². The predicted octanol–water partition coefficient (Wildman–Crippen LogP) is -0.594. The molecule has 4 N–H and O–H groups in total. The van der Waals surface area contributed by atoms with E-state index in [0.717, 1.165) is 0 Å². The number of carboxylic acid groups (broad SMARTS) is 1. The lowest BCUT2D eigenvalue weighted by molar-refractivity contribution is -0.148. The van der Waals surface area contributed by atoms with Crippen LogP contribution >= 0.6 is 0 Å². The number of aliphatic carboxylic acids is 1. The summed E-state index contributed by atoms with van der Waals surface area (Å²) in [5.41, 5.74) is 5.74. The molecule has 0 aromatic rings. The number of β-amino-alcohol motifs (C(OH)–C–C–N with tert-alkyl or cyclic N) is 1. The number of likely N-dealkylation sites (tertiary alicyclic amines) is 1. The molecule has 1 saturated heterocycles. The Morgan fingerprint density at radius 1 is 1.47 bits per heavy atom. The molecule has 1 heterocycles. The number of hydrogen-bond donors (Lipinski definition) is 3. The van der Waals surface area contributed by atoms with E-state index in [9.17, 15) is 14.7 Å². The first-order valence-electron chi connectivity index (χ1n) is 5.79. The third-order valence-corrected chi connectivity index (χ3v) is 2.89. The average molecular weight is 244 g/mol. The standard InChI is InChI=1S/C11H20N2O4/c1-6(2)3-8(12)10(15)13-5-7(14)4-9(13)11(16)17/h6-9,14H,3-5,12H2,1-2H3,(H,16,17)/t7-,8+,9+/m0/s1. The highest BCUT2D eigenvalue weighted by atomic mass is 16.4. The maximum absolute atomic E-state index is 12.0. The molecule has 0 aromatic carbocycles. The van der Waals surface area contributed by atoms with E-state index in [0.29, 0.717) is 6.42 Å². The molecule has 6 heteroatoms. The Kier molecular flexibility index (Phi) is 4.47. The van der Waals surface area contributed by atoms with E-state index in [1.165, 1.54) is 4.90 Å². The molecule has 1 amide bonds. The number of carboxylic acids is 1. The average Bonchev–Trinajstić information content (AvgIpc) is 2.58. The van der Waals surface area contributed by atoms with E-state index in [2.05, 4.69) is 0 Å². The zero-order valence-electron chi connectivity index (χ0n) is 10.2. The number of carbonyl (C=O) groups is 2. The lowest BCUT2D eigenvalue weighted by atomic mass is 10.0. The van der Waals surface area contributed by atoms with Gasteiger partial charge in [0.25, 0.3) is 0 Å². The van der Waals surface area contributed by atoms with Crippen LogP contribution in [-0.2, 0) is 9.59 Å². The van der Waals surface area contributed by atoms with Crippen molar-refractivity contribution >= 4 is 11.9 Å². The van der Waals surface area contributed by atoms with E-state index < -0.39 is 24.2 Å². The zero-order chi connectivity index (χ0) is 13.2. The summed E-state index contributed by atoms with van der Waals surface area (Å²) in [4.78, 5) is 24.1. The number of aliphatic hydroxyl groups excluding tert-OH is 1. The summed E-state index contributed by atoms with van der Waals surface area (Å²) in [6.45, 7) is 3.95. The first-order valence-corrected chi connectivity index (χ1v) is 5.79. The van der Waals surface area contributed by atoms with Gasteiger partial charge in [0, 0.05) is 13.0 Å². The minimum Gasteiger partial charge on any atom is -0.480 e. The number of hydrogen-bond acceptors (Lipinski definition) is 4. The number of nitrogens with zero attached hydrogens (tertiary/aromatic N) is 1. The topological polar surface area (TPSA) is 104 Å². The summed E-state index contributed by atoms with van der Waals surface area (Å²) in [7, 11) is 0. The Bertz CT molecular complexity index is 306. The smallest absolute Gasteiger partial charge is 0.326 e. The highest BCUT2D eigenvalue weighted by Gasteiger charge is 2.40. The van der Waals surface area contributed by atoms with Crippen molar-refractivity contribution in [2.75, 3.05) is 6.54 Å². The van der Waals surface area contributed by atoms with Crippen molar-refractivity contribution in [1.82, 2.24) is 4.90 Å². The Morgan fingerprint density at radius 2 is 2.06 bits per heavy atom. The van der Waals surface area contributed by atoms with E-state index in [4.69, 9.17) is 10.8 Å². The number of aliphatic hydroxyl groups is 1. The number of nitrogens with two attached hydrogens (primary N) is 1. The molecule has 0 saturated carbocycles. The fraction of sp³-hybridized carbons (Fsp3) is 0.818. The van der Waals surface area contributed by atoms with E-state index in [-0.39, 0.29) is 24.8 Å². The molecule has 0 spiro atoms. The molecule has 6 nitrogen and oxygen atoms in total. The molecular weight excluding hydrogens is 224 g/mol. The van der Waals surface area contributed by atoms with Gasteiger partial charge in [-0.2, -0.15) is 0 Å². The van der Waals surface area contributed by atoms with Crippen molar-refractivity contribution in [3.63, 3.8) is 0 Å². The molecular formula is C11H20N2O4. The van der Waals surface area contributed by atoms with Gasteiger partial charge in [-0.25, -0.2) is 4.79 Å². The molecule has 17 heavy (non-hydrogen) atoms. The van der Waals surface area contributed by atoms with E-state index >= 15 is 0 Å². The molecule has 1 aliphatic heterocycles. The Morgan fingerprint density at radius 3 is 2.53 bits per heavy atom. The molecule has 1 rings (SSSR count). The summed E-state index contributed by atoms with van der Waals surface area (Å²) >= 11 is 0. The largest absolute Gasteiger partial charge is 0.480 e. The SMILES string of the molecule is CC(C)C[C@@H](N)C(=O)N1C[C@@H](O)C[C@@H]1C(=O)O. The van der Waals surface area contributed by atoms with Crippen molar-refractivity contribution in [1.29, 1.82) is 0 Å². The van der Waals surface area contributed by atoms with Crippen LogP contribution in [0.5, 0.6) is 0 Å². The number of rotatable bonds is 4. The molecule has 0 bridgehead atoms. The van der Waals surface area contributed by atoms with Crippen molar-refractivity contribution in [2.24, 2.45) is 11.7 Å². The molecule has 98 valence electrons. The van der Waals surface area contributed by atoms with Crippen LogP contribution in [0.2, 0.25) is 0 Å². The third-order valence-electron chi connectivity index (χ3n) is 2.89. The predicted molar refractivity (Wildman–Crippen MR) is 61.2 cm³/mol. The maximum atomic E-state index is 12.0. The van der Waals surface area contributed by atoms with E-state index in [1.807, 2.05) is 13.8 Å². The van der Waals surface area contributed by atoms with Crippen LogP contribution in [0.4, 0.5) is 0 Å². The molecule has 1 aliphatic rings. The maximum Gasteiger partial charge on any atom is 0.326 e. The van der Waals surface area contributed by atoms with Gasteiger partial charge in [-0.15, -0.1) is 0 Å². The number of amides is 1. The second-order valence-corrected chi connectivity index (χ2v) is 4.97. The Balaban J connectivity index is 2.70. The monoisotopic (exact) mass is 244 g/mol. The van der Waals surface area contributed by atoms with Gasteiger partial charge in [0.15, 0.2) is 0 Å². The Labute approximate surface area is 100 Å². The highest BCUT2D eigenvalue weighted by Crippen LogP contribution is 2.20. The zero-order valence-corrected chi connectivity index (χ0v) is 10.2. The minimum atomic E-state index is -1.09. The van der Waals surface area contributed by atoms with Gasteiger partial charge in [-0.1, -0.05) is 13.8 Å². The fourth-order valence-electron chi connectivity index (χ4n) is 2.11. The van der Waals surface area contributed by atoms with Crippen LogP contribution in [0.25, 0.3) is 0 Å².